The molecule has 0 aliphatic heterocycles. The molecule has 4 heteroatoms. The summed E-state index contributed by atoms with van der Waals surface area (Å²) in [4.78, 5) is 4.20. The summed E-state index contributed by atoms with van der Waals surface area (Å²) in [6.45, 7) is 4.02. The van der Waals surface area contributed by atoms with Gasteiger partial charge < -0.3 is 10.1 Å². The lowest BCUT2D eigenvalue weighted by Crippen LogP contribution is -2.18. The Balaban J connectivity index is 2.05. The van der Waals surface area contributed by atoms with E-state index in [2.05, 4.69) is 17.2 Å². The fourth-order valence-electron chi connectivity index (χ4n) is 2.11. The normalized spacial score (nSPS) is 12.0. The van der Waals surface area contributed by atoms with Gasteiger partial charge in [-0.15, -0.1) is 0 Å². The summed E-state index contributed by atoms with van der Waals surface area (Å²) in [6.07, 6.45) is 2.52. The molecule has 0 saturated carbocycles. The Bertz CT molecular complexity index is 569. The van der Waals surface area contributed by atoms with Gasteiger partial charge in [-0.2, -0.15) is 0 Å². The van der Waals surface area contributed by atoms with Gasteiger partial charge in [-0.1, -0.05) is 12.1 Å². The maximum atomic E-state index is 12.9. The minimum atomic E-state index is -0.208. The first-order valence-corrected chi connectivity index (χ1v) is 6.60. The van der Waals surface area contributed by atoms with Gasteiger partial charge in [-0.3, -0.25) is 4.98 Å². The highest BCUT2D eigenvalue weighted by atomic mass is 19.1. The molecule has 0 spiro atoms. The van der Waals surface area contributed by atoms with E-state index in [0.29, 0.717) is 0 Å². The fourth-order valence-corrected chi connectivity index (χ4v) is 2.11. The number of aryl methyl sites for hydroxylation is 1. The van der Waals surface area contributed by atoms with Gasteiger partial charge in [0.25, 0.3) is 0 Å². The van der Waals surface area contributed by atoms with Crippen LogP contribution in [0.5, 0.6) is 5.75 Å². The molecule has 0 amide bonds. The molecule has 0 bridgehead atoms. The molecule has 106 valence electrons. The first-order valence-electron chi connectivity index (χ1n) is 6.60. The standard InChI is InChI=1S/C16H19FN2O/c1-11-9-15(16(20-3)10-18-11)19-12(2)8-13-4-6-14(17)7-5-13/h4-7,9-10,12H,8H2,1-3H3,(H,18,19). The number of benzene rings is 1. The summed E-state index contributed by atoms with van der Waals surface area (Å²) in [6, 6.07) is 8.75. The first-order chi connectivity index (χ1) is 9.58. The van der Waals surface area contributed by atoms with Crippen LogP contribution in [0, 0.1) is 12.7 Å². The molecule has 20 heavy (non-hydrogen) atoms. The van der Waals surface area contributed by atoms with Crippen molar-refractivity contribution in [3.8, 4) is 5.75 Å². The zero-order valence-corrected chi connectivity index (χ0v) is 12.0. The molecule has 2 aromatic rings. The van der Waals surface area contributed by atoms with Crippen molar-refractivity contribution in [2.45, 2.75) is 26.3 Å². The Morgan fingerprint density at radius 1 is 1.30 bits per heavy atom. The maximum absolute atomic E-state index is 12.9. The molecule has 1 N–H and O–H groups in total. The van der Waals surface area contributed by atoms with Crippen molar-refractivity contribution >= 4 is 5.69 Å². The fraction of sp³-hybridized carbons (Fsp3) is 0.312. The smallest absolute Gasteiger partial charge is 0.160 e. The van der Waals surface area contributed by atoms with Gasteiger partial charge in [0, 0.05) is 11.7 Å². The third kappa shape index (κ3) is 3.70. The molecule has 2 rings (SSSR count). The van der Waals surface area contributed by atoms with Crippen molar-refractivity contribution in [1.29, 1.82) is 0 Å². The van der Waals surface area contributed by atoms with E-state index in [9.17, 15) is 4.39 Å². The van der Waals surface area contributed by atoms with Crippen LogP contribution >= 0.6 is 0 Å². The molecule has 0 fully saturated rings. The maximum Gasteiger partial charge on any atom is 0.160 e. The topological polar surface area (TPSA) is 34.1 Å². The molecular weight excluding hydrogens is 255 g/mol. The van der Waals surface area contributed by atoms with Gasteiger partial charge in [0.15, 0.2) is 5.75 Å². The summed E-state index contributed by atoms with van der Waals surface area (Å²) >= 11 is 0. The monoisotopic (exact) mass is 274 g/mol. The van der Waals surface area contributed by atoms with Gasteiger partial charge >= 0.3 is 0 Å². The first kappa shape index (κ1) is 14.3. The molecule has 1 aromatic heterocycles. The summed E-state index contributed by atoms with van der Waals surface area (Å²) in [5.41, 5.74) is 2.95. The van der Waals surface area contributed by atoms with Crippen LogP contribution in [0.4, 0.5) is 10.1 Å². The van der Waals surface area contributed by atoms with E-state index in [4.69, 9.17) is 4.74 Å². The van der Waals surface area contributed by atoms with E-state index >= 15 is 0 Å². The number of nitrogens with zero attached hydrogens (tertiary/aromatic N) is 1. The summed E-state index contributed by atoms with van der Waals surface area (Å²) in [5, 5.41) is 3.41. The molecule has 0 saturated heterocycles. The molecule has 0 aliphatic carbocycles. The lowest BCUT2D eigenvalue weighted by molar-refractivity contribution is 0.414. The number of nitrogens with one attached hydrogen (secondary N) is 1. The minimum Gasteiger partial charge on any atom is -0.493 e. The second kappa shape index (κ2) is 6.37. The SMILES string of the molecule is COc1cnc(C)cc1NC(C)Cc1ccc(F)cc1. The van der Waals surface area contributed by atoms with E-state index in [1.165, 1.54) is 12.1 Å². The number of rotatable bonds is 5. The van der Waals surface area contributed by atoms with Gasteiger partial charge in [0.05, 0.1) is 19.0 Å². The van der Waals surface area contributed by atoms with Gasteiger partial charge in [-0.05, 0) is 44.0 Å². The van der Waals surface area contributed by atoms with E-state index in [1.54, 1.807) is 13.3 Å². The quantitative estimate of drug-likeness (QED) is 0.905. The summed E-state index contributed by atoms with van der Waals surface area (Å²) < 4.78 is 18.2. The molecule has 0 radical (unpaired) electrons. The summed E-state index contributed by atoms with van der Waals surface area (Å²) in [5.74, 6) is 0.516. The molecule has 0 aliphatic rings. The zero-order valence-electron chi connectivity index (χ0n) is 12.0. The Kier molecular flexibility index (Phi) is 4.56. The number of aromatic nitrogens is 1. The number of halogens is 1. The van der Waals surface area contributed by atoms with Crippen molar-refractivity contribution < 1.29 is 9.13 Å². The van der Waals surface area contributed by atoms with Gasteiger partial charge in [0.1, 0.15) is 5.82 Å². The minimum absolute atomic E-state index is 0.205. The van der Waals surface area contributed by atoms with E-state index < -0.39 is 0 Å². The average Bonchev–Trinajstić information content (AvgIpc) is 2.41. The highest BCUT2D eigenvalue weighted by Gasteiger charge is 2.09. The lowest BCUT2D eigenvalue weighted by atomic mass is 10.1. The number of methoxy groups -OCH3 is 1. The Hall–Kier alpha value is -2.10. The highest BCUT2D eigenvalue weighted by Crippen LogP contribution is 2.24. The van der Waals surface area contributed by atoms with E-state index in [0.717, 1.165) is 29.1 Å². The van der Waals surface area contributed by atoms with Crippen LogP contribution < -0.4 is 10.1 Å². The van der Waals surface area contributed by atoms with Crippen molar-refractivity contribution in [2.24, 2.45) is 0 Å². The number of anilines is 1. The third-order valence-corrected chi connectivity index (χ3v) is 3.08. The Morgan fingerprint density at radius 3 is 2.65 bits per heavy atom. The Labute approximate surface area is 118 Å². The van der Waals surface area contributed by atoms with Crippen molar-refractivity contribution in [3.05, 3.63) is 53.6 Å². The zero-order chi connectivity index (χ0) is 14.5. The predicted octanol–water partition coefficient (Wildman–Crippen LogP) is 3.58. The van der Waals surface area contributed by atoms with Crippen LogP contribution in [-0.2, 0) is 6.42 Å². The van der Waals surface area contributed by atoms with Crippen LogP contribution in [0.3, 0.4) is 0 Å². The molecule has 1 heterocycles. The second-order valence-electron chi connectivity index (χ2n) is 4.90. The largest absolute Gasteiger partial charge is 0.493 e. The molecule has 3 nitrogen and oxygen atoms in total. The summed E-state index contributed by atoms with van der Waals surface area (Å²) in [7, 11) is 1.63. The molecule has 1 atom stereocenters. The average molecular weight is 274 g/mol. The van der Waals surface area contributed by atoms with E-state index in [1.807, 2.05) is 25.1 Å². The number of hydrogen-bond acceptors (Lipinski definition) is 3. The van der Waals surface area contributed by atoms with Crippen LogP contribution in [0.1, 0.15) is 18.2 Å². The molecular formula is C16H19FN2O. The molecule has 1 aromatic carbocycles. The predicted molar refractivity (Wildman–Crippen MR) is 78.7 cm³/mol. The van der Waals surface area contributed by atoms with Crippen molar-refractivity contribution in [1.82, 2.24) is 4.98 Å². The highest BCUT2D eigenvalue weighted by molar-refractivity contribution is 5.56. The number of pyridine rings is 1. The van der Waals surface area contributed by atoms with Crippen LogP contribution in [0.25, 0.3) is 0 Å². The van der Waals surface area contributed by atoms with Gasteiger partial charge in [0.2, 0.25) is 0 Å². The van der Waals surface area contributed by atoms with Crippen molar-refractivity contribution in [2.75, 3.05) is 12.4 Å². The van der Waals surface area contributed by atoms with Crippen LogP contribution in [0.15, 0.2) is 36.5 Å². The number of ether oxygens (including phenoxy) is 1. The van der Waals surface area contributed by atoms with Crippen LogP contribution in [0.2, 0.25) is 0 Å². The van der Waals surface area contributed by atoms with Crippen LogP contribution in [-0.4, -0.2) is 18.1 Å². The van der Waals surface area contributed by atoms with E-state index in [-0.39, 0.29) is 11.9 Å². The van der Waals surface area contributed by atoms with Crippen molar-refractivity contribution in [3.63, 3.8) is 0 Å². The Morgan fingerprint density at radius 2 is 2.00 bits per heavy atom. The number of hydrogen-bond donors (Lipinski definition) is 1. The lowest BCUT2D eigenvalue weighted by Gasteiger charge is -2.18. The third-order valence-electron chi connectivity index (χ3n) is 3.08. The van der Waals surface area contributed by atoms with Gasteiger partial charge in [-0.25, -0.2) is 4.39 Å². The second-order valence-corrected chi connectivity index (χ2v) is 4.90. The molecule has 1 unspecified atom stereocenters.